The number of hydrogen-bond donors (Lipinski definition) is 2. The molecule has 0 aromatic heterocycles. The second kappa shape index (κ2) is 4.06. The minimum Gasteiger partial charge on any atom is -0.349 e. The van der Waals surface area contributed by atoms with Gasteiger partial charge in [-0.1, -0.05) is 6.92 Å². The second-order valence-corrected chi connectivity index (χ2v) is 1.84. The van der Waals surface area contributed by atoms with E-state index in [-0.39, 0.29) is 11.9 Å². The van der Waals surface area contributed by atoms with E-state index < -0.39 is 0 Å². The predicted molar refractivity (Wildman–Crippen MR) is 36.4 cm³/mol. The van der Waals surface area contributed by atoms with Crippen LogP contribution in [0.15, 0.2) is 0 Å². The van der Waals surface area contributed by atoms with Gasteiger partial charge in [0.05, 0.1) is 6.21 Å². The highest BCUT2D eigenvalue weighted by Gasteiger charge is 1.99. The summed E-state index contributed by atoms with van der Waals surface area (Å²) in [6, 6.07) is 0.0686. The van der Waals surface area contributed by atoms with Crippen molar-refractivity contribution in [1.29, 1.82) is 5.41 Å². The van der Waals surface area contributed by atoms with Crippen LogP contribution in [0.1, 0.15) is 13.3 Å². The standard InChI is InChI=1S/C6H11N2O/c1-3-5(2)8-6(9)4-7/h4-5,7H,1,3H2,2H3,(H,8,9). The average Bonchev–Trinajstić information content (AvgIpc) is 1.87. The zero-order valence-electron chi connectivity index (χ0n) is 5.48. The van der Waals surface area contributed by atoms with Crippen molar-refractivity contribution in [3.63, 3.8) is 0 Å². The van der Waals surface area contributed by atoms with Gasteiger partial charge < -0.3 is 10.7 Å². The molecular weight excluding hydrogens is 116 g/mol. The number of amides is 1. The van der Waals surface area contributed by atoms with Crippen LogP contribution in [-0.2, 0) is 4.79 Å². The van der Waals surface area contributed by atoms with E-state index in [1.807, 2.05) is 6.92 Å². The molecule has 0 rings (SSSR count). The molecular formula is C6H11N2O. The zero-order chi connectivity index (χ0) is 7.28. The molecule has 0 fully saturated rings. The third-order valence-electron chi connectivity index (χ3n) is 0.953. The lowest BCUT2D eigenvalue weighted by molar-refractivity contribution is -0.115. The van der Waals surface area contributed by atoms with E-state index in [4.69, 9.17) is 5.41 Å². The highest BCUT2D eigenvalue weighted by molar-refractivity contribution is 6.24. The van der Waals surface area contributed by atoms with Crippen molar-refractivity contribution in [2.75, 3.05) is 0 Å². The molecule has 0 saturated carbocycles. The summed E-state index contributed by atoms with van der Waals surface area (Å²) < 4.78 is 0. The lowest BCUT2D eigenvalue weighted by Gasteiger charge is -2.06. The Morgan fingerprint density at radius 1 is 2.00 bits per heavy atom. The summed E-state index contributed by atoms with van der Waals surface area (Å²) in [6.07, 6.45) is 1.41. The number of rotatable bonds is 3. The fourth-order valence-corrected chi connectivity index (χ4v) is 0.357. The Bertz CT molecular complexity index is 112. The molecule has 1 amide bonds. The van der Waals surface area contributed by atoms with Crippen LogP contribution in [-0.4, -0.2) is 18.2 Å². The first-order chi connectivity index (χ1) is 4.20. The second-order valence-electron chi connectivity index (χ2n) is 1.84. The maximum absolute atomic E-state index is 10.4. The maximum Gasteiger partial charge on any atom is 0.261 e. The van der Waals surface area contributed by atoms with Gasteiger partial charge >= 0.3 is 0 Å². The molecule has 0 aliphatic heterocycles. The summed E-state index contributed by atoms with van der Waals surface area (Å²) >= 11 is 0. The lowest BCUT2D eigenvalue weighted by Crippen LogP contribution is -2.32. The van der Waals surface area contributed by atoms with Crippen LogP contribution in [0.2, 0.25) is 0 Å². The van der Waals surface area contributed by atoms with Crippen LogP contribution in [0.3, 0.4) is 0 Å². The monoisotopic (exact) mass is 127 g/mol. The van der Waals surface area contributed by atoms with E-state index in [0.29, 0.717) is 6.42 Å². The zero-order valence-corrected chi connectivity index (χ0v) is 5.48. The summed E-state index contributed by atoms with van der Waals surface area (Å²) in [6.45, 7) is 5.42. The quantitative estimate of drug-likeness (QED) is 0.528. The van der Waals surface area contributed by atoms with Crippen LogP contribution in [0.5, 0.6) is 0 Å². The largest absolute Gasteiger partial charge is 0.349 e. The van der Waals surface area contributed by atoms with Crippen LogP contribution in [0.4, 0.5) is 0 Å². The molecule has 0 aliphatic rings. The van der Waals surface area contributed by atoms with Gasteiger partial charge in [-0.2, -0.15) is 0 Å². The summed E-state index contributed by atoms with van der Waals surface area (Å²) in [5.41, 5.74) is 0. The highest BCUT2D eigenvalue weighted by atomic mass is 16.1. The Kier molecular flexibility index (Phi) is 3.67. The van der Waals surface area contributed by atoms with Crippen molar-refractivity contribution >= 4 is 12.1 Å². The van der Waals surface area contributed by atoms with Gasteiger partial charge in [-0.3, -0.25) is 4.79 Å². The third kappa shape index (κ3) is 3.70. The number of nitrogens with one attached hydrogen (secondary N) is 2. The topological polar surface area (TPSA) is 53.0 Å². The minimum atomic E-state index is -0.355. The molecule has 3 heteroatoms. The average molecular weight is 127 g/mol. The van der Waals surface area contributed by atoms with Crippen molar-refractivity contribution in [2.24, 2.45) is 0 Å². The molecule has 0 spiro atoms. The molecule has 2 N–H and O–H groups in total. The van der Waals surface area contributed by atoms with Gasteiger partial charge in [0.15, 0.2) is 0 Å². The molecule has 1 unspecified atom stereocenters. The van der Waals surface area contributed by atoms with Gasteiger partial charge in [0.2, 0.25) is 0 Å². The first kappa shape index (κ1) is 8.14. The van der Waals surface area contributed by atoms with Crippen LogP contribution < -0.4 is 5.32 Å². The minimum absolute atomic E-state index is 0.0686. The Hall–Kier alpha value is -0.860. The first-order valence-corrected chi connectivity index (χ1v) is 2.81. The van der Waals surface area contributed by atoms with Gasteiger partial charge in [0.1, 0.15) is 0 Å². The SMILES string of the molecule is [CH2]CC(C)NC(=O)C=N. The summed E-state index contributed by atoms with van der Waals surface area (Å²) in [4.78, 5) is 10.4. The fraction of sp³-hybridized carbons (Fsp3) is 0.500. The van der Waals surface area contributed by atoms with Crippen LogP contribution in [0.25, 0.3) is 0 Å². The van der Waals surface area contributed by atoms with E-state index in [0.717, 1.165) is 6.21 Å². The summed E-state index contributed by atoms with van der Waals surface area (Å²) in [5.74, 6) is -0.355. The first-order valence-electron chi connectivity index (χ1n) is 2.81. The van der Waals surface area contributed by atoms with E-state index in [1.165, 1.54) is 0 Å². The predicted octanol–water partition coefficient (Wildman–Crippen LogP) is 0.365. The molecule has 9 heavy (non-hydrogen) atoms. The molecule has 0 aliphatic carbocycles. The smallest absolute Gasteiger partial charge is 0.261 e. The van der Waals surface area contributed by atoms with E-state index in [1.54, 1.807) is 0 Å². The maximum atomic E-state index is 10.4. The van der Waals surface area contributed by atoms with Crippen molar-refractivity contribution in [1.82, 2.24) is 5.32 Å². The van der Waals surface area contributed by atoms with Crippen molar-refractivity contribution in [3.8, 4) is 0 Å². The van der Waals surface area contributed by atoms with Crippen molar-refractivity contribution < 1.29 is 4.79 Å². The van der Waals surface area contributed by atoms with Crippen LogP contribution in [0, 0.1) is 12.3 Å². The van der Waals surface area contributed by atoms with E-state index in [9.17, 15) is 4.79 Å². The van der Waals surface area contributed by atoms with Crippen molar-refractivity contribution in [2.45, 2.75) is 19.4 Å². The van der Waals surface area contributed by atoms with E-state index >= 15 is 0 Å². The van der Waals surface area contributed by atoms with Gasteiger partial charge in [0, 0.05) is 6.04 Å². The van der Waals surface area contributed by atoms with E-state index in [2.05, 4.69) is 12.2 Å². The normalized spacial score (nSPS) is 12.2. The van der Waals surface area contributed by atoms with Crippen molar-refractivity contribution in [3.05, 3.63) is 6.92 Å². The Balaban J connectivity index is 3.46. The summed E-state index contributed by atoms with van der Waals surface area (Å²) in [7, 11) is 0. The molecule has 0 saturated heterocycles. The lowest BCUT2D eigenvalue weighted by atomic mass is 10.3. The molecule has 0 bridgehead atoms. The molecule has 0 aromatic rings. The Morgan fingerprint density at radius 2 is 2.56 bits per heavy atom. The molecule has 3 nitrogen and oxygen atoms in total. The number of carbonyl (C=O) groups excluding carboxylic acids is 1. The molecule has 1 atom stereocenters. The third-order valence-corrected chi connectivity index (χ3v) is 0.953. The molecule has 1 radical (unpaired) electrons. The van der Waals surface area contributed by atoms with Gasteiger partial charge in [-0.05, 0) is 13.3 Å². The van der Waals surface area contributed by atoms with Crippen LogP contribution >= 0.6 is 0 Å². The fourth-order valence-electron chi connectivity index (χ4n) is 0.357. The highest BCUT2D eigenvalue weighted by Crippen LogP contribution is 1.84. The molecule has 51 valence electrons. The van der Waals surface area contributed by atoms with Gasteiger partial charge in [-0.25, -0.2) is 0 Å². The van der Waals surface area contributed by atoms with Gasteiger partial charge in [0.25, 0.3) is 5.91 Å². The summed E-state index contributed by atoms with van der Waals surface area (Å²) in [5, 5.41) is 9.05. The van der Waals surface area contributed by atoms with Gasteiger partial charge in [-0.15, -0.1) is 0 Å². The Morgan fingerprint density at radius 3 is 2.89 bits per heavy atom. The Labute approximate surface area is 55.0 Å². The number of hydrogen-bond acceptors (Lipinski definition) is 2. The molecule has 0 heterocycles. The number of carbonyl (C=O) groups is 1. The molecule has 0 aromatic carbocycles.